The van der Waals surface area contributed by atoms with Gasteiger partial charge in [0.15, 0.2) is 0 Å². The molecule has 0 aliphatic rings. The zero-order chi connectivity index (χ0) is 12.4. The van der Waals surface area contributed by atoms with Crippen LogP contribution in [0.4, 0.5) is 4.39 Å². The molecule has 1 aromatic carbocycles. The third kappa shape index (κ3) is 2.68. The predicted molar refractivity (Wildman–Crippen MR) is 69.1 cm³/mol. The van der Waals surface area contributed by atoms with Crippen LogP contribution in [0, 0.1) is 12.7 Å². The van der Waals surface area contributed by atoms with Gasteiger partial charge in [0.05, 0.1) is 11.1 Å². The number of aryl methyl sites for hydroxylation is 1. The van der Waals surface area contributed by atoms with Crippen molar-refractivity contribution in [1.29, 1.82) is 0 Å². The van der Waals surface area contributed by atoms with E-state index in [1.165, 1.54) is 6.07 Å². The van der Waals surface area contributed by atoms with E-state index < -0.39 is 11.9 Å². The van der Waals surface area contributed by atoms with Gasteiger partial charge in [-0.1, -0.05) is 23.7 Å². The second-order valence-electron chi connectivity index (χ2n) is 3.94. The van der Waals surface area contributed by atoms with Crippen LogP contribution in [0.1, 0.15) is 22.8 Å². The third-order valence-corrected chi connectivity index (χ3v) is 4.00. The lowest BCUT2D eigenvalue weighted by Gasteiger charge is -2.12. The highest BCUT2D eigenvalue weighted by Gasteiger charge is 2.15. The molecule has 0 radical (unpaired) electrons. The van der Waals surface area contributed by atoms with Gasteiger partial charge < -0.3 is 5.11 Å². The van der Waals surface area contributed by atoms with Gasteiger partial charge >= 0.3 is 0 Å². The predicted octanol–water partition coefficient (Wildman–Crippen LogP) is 4.13. The Morgan fingerprint density at radius 2 is 2.18 bits per heavy atom. The van der Waals surface area contributed by atoms with Crippen molar-refractivity contribution in [3.63, 3.8) is 0 Å². The maximum absolute atomic E-state index is 13.2. The standard InChI is InChI=1S/C13H12ClFOS/c1-8-6-17-7-10(8)12(16)5-9-3-2-4-11(15)13(9)14/h2-4,6-7,12,16H,5H2,1H3. The van der Waals surface area contributed by atoms with Gasteiger partial charge in [0.25, 0.3) is 0 Å². The van der Waals surface area contributed by atoms with Crippen LogP contribution in [0.3, 0.4) is 0 Å². The van der Waals surface area contributed by atoms with E-state index in [1.807, 2.05) is 17.7 Å². The zero-order valence-electron chi connectivity index (χ0n) is 9.28. The van der Waals surface area contributed by atoms with Crippen molar-refractivity contribution in [3.8, 4) is 0 Å². The molecule has 1 unspecified atom stereocenters. The van der Waals surface area contributed by atoms with E-state index in [0.717, 1.165) is 11.1 Å². The lowest BCUT2D eigenvalue weighted by molar-refractivity contribution is 0.178. The Kier molecular flexibility index (Phi) is 3.82. The number of aliphatic hydroxyl groups excluding tert-OH is 1. The molecule has 17 heavy (non-hydrogen) atoms. The summed E-state index contributed by atoms with van der Waals surface area (Å²) in [5, 5.41) is 14.1. The number of aliphatic hydroxyl groups is 1. The smallest absolute Gasteiger partial charge is 0.142 e. The van der Waals surface area contributed by atoms with Gasteiger partial charge in [0, 0.05) is 6.42 Å². The molecule has 0 aliphatic carbocycles. The number of rotatable bonds is 3. The highest BCUT2D eigenvalue weighted by Crippen LogP contribution is 2.28. The van der Waals surface area contributed by atoms with Crippen LogP contribution < -0.4 is 0 Å². The van der Waals surface area contributed by atoms with Gasteiger partial charge in [0.1, 0.15) is 5.82 Å². The number of hydrogen-bond acceptors (Lipinski definition) is 2. The maximum Gasteiger partial charge on any atom is 0.142 e. The molecule has 0 saturated heterocycles. The monoisotopic (exact) mass is 270 g/mol. The Morgan fingerprint density at radius 1 is 1.41 bits per heavy atom. The number of thiophene rings is 1. The lowest BCUT2D eigenvalue weighted by atomic mass is 10.0. The average molecular weight is 271 g/mol. The van der Waals surface area contributed by atoms with Crippen molar-refractivity contribution in [2.24, 2.45) is 0 Å². The summed E-state index contributed by atoms with van der Waals surface area (Å²) >= 11 is 7.40. The summed E-state index contributed by atoms with van der Waals surface area (Å²) in [6.45, 7) is 1.95. The van der Waals surface area contributed by atoms with E-state index >= 15 is 0 Å². The van der Waals surface area contributed by atoms with E-state index in [9.17, 15) is 9.50 Å². The third-order valence-electron chi connectivity index (χ3n) is 2.70. The Labute approximate surface area is 108 Å². The Hall–Kier alpha value is -0.900. The summed E-state index contributed by atoms with van der Waals surface area (Å²) in [6, 6.07) is 4.65. The van der Waals surface area contributed by atoms with Crippen molar-refractivity contribution < 1.29 is 9.50 Å². The molecule has 0 saturated carbocycles. The van der Waals surface area contributed by atoms with E-state index in [-0.39, 0.29) is 5.02 Å². The highest BCUT2D eigenvalue weighted by molar-refractivity contribution is 7.08. The summed E-state index contributed by atoms with van der Waals surface area (Å²) in [7, 11) is 0. The summed E-state index contributed by atoms with van der Waals surface area (Å²) in [4.78, 5) is 0. The van der Waals surface area contributed by atoms with Crippen molar-refractivity contribution in [2.75, 3.05) is 0 Å². The first-order chi connectivity index (χ1) is 8.09. The molecular weight excluding hydrogens is 259 g/mol. The highest BCUT2D eigenvalue weighted by atomic mass is 35.5. The van der Waals surface area contributed by atoms with Crippen molar-refractivity contribution in [2.45, 2.75) is 19.4 Å². The van der Waals surface area contributed by atoms with Crippen LogP contribution >= 0.6 is 22.9 Å². The van der Waals surface area contributed by atoms with Gasteiger partial charge in [-0.3, -0.25) is 0 Å². The fourth-order valence-electron chi connectivity index (χ4n) is 1.74. The minimum Gasteiger partial charge on any atom is -0.388 e. The summed E-state index contributed by atoms with van der Waals surface area (Å²) in [5.74, 6) is -0.446. The first-order valence-corrected chi connectivity index (χ1v) is 6.55. The molecule has 2 aromatic rings. The molecule has 1 aromatic heterocycles. The summed E-state index contributed by atoms with van der Waals surface area (Å²) < 4.78 is 13.2. The Bertz CT molecular complexity index is 524. The molecule has 0 amide bonds. The second kappa shape index (κ2) is 5.17. The molecule has 1 atom stereocenters. The normalized spacial score (nSPS) is 12.7. The van der Waals surface area contributed by atoms with Gasteiger partial charge in [-0.2, -0.15) is 11.3 Å². The van der Waals surface area contributed by atoms with Gasteiger partial charge in [-0.25, -0.2) is 4.39 Å². The average Bonchev–Trinajstić information content (AvgIpc) is 2.71. The van der Waals surface area contributed by atoms with Crippen molar-refractivity contribution >= 4 is 22.9 Å². The first-order valence-electron chi connectivity index (χ1n) is 5.23. The quantitative estimate of drug-likeness (QED) is 0.889. The Balaban J connectivity index is 2.22. The minimum atomic E-state index is -0.638. The molecule has 4 heteroatoms. The molecule has 1 nitrogen and oxygen atoms in total. The molecule has 0 fully saturated rings. The zero-order valence-corrected chi connectivity index (χ0v) is 10.9. The van der Waals surface area contributed by atoms with Crippen LogP contribution in [0.2, 0.25) is 5.02 Å². The summed E-state index contributed by atoms with van der Waals surface area (Å²) in [5.41, 5.74) is 2.56. The summed E-state index contributed by atoms with van der Waals surface area (Å²) in [6.07, 6.45) is -0.311. The fraction of sp³-hybridized carbons (Fsp3) is 0.231. The van der Waals surface area contributed by atoms with Crippen molar-refractivity contribution in [1.82, 2.24) is 0 Å². The molecule has 90 valence electrons. The van der Waals surface area contributed by atoms with Gasteiger partial charge in [-0.05, 0) is 40.4 Å². The molecule has 1 N–H and O–H groups in total. The number of hydrogen-bond donors (Lipinski definition) is 1. The second-order valence-corrected chi connectivity index (χ2v) is 5.06. The van der Waals surface area contributed by atoms with Crippen LogP contribution in [0.5, 0.6) is 0 Å². The van der Waals surface area contributed by atoms with Crippen LogP contribution in [0.25, 0.3) is 0 Å². The van der Waals surface area contributed by atoms with E-state index in [1.54, 1.807) is 23.5 Å². The topological polar surface area (TPSA) is 20.2 Å². The van der Waals surface area contributed by atoms with Gasteiger partial charge in [-0.15, -0.1) is 0 Å². The van der Waals surface area contributed by atoms with Gasteiger partial charge in [0.2, 0.25) is 0 Å². The maximum atomic E-state index is 13.2. The van der Waals surface area contributed by atoms with Crippen LogP contribution in [0.15, 0.2) is 29.0 Å². The number of benzene rings is 1. The molecule has 1 heterocycles. The molecule has 0 bridgehead atoms. The first kappa shape index (κ1) is 12.6. The number of halogens is 2. The lowest BCUT2D eigenvalue weighted by Crippen LogP contribution is -2.03. The van der Waals surface area contributed by atoms with Crippen LogP contribution in [-0.2, 0) is 6.42 Å². The largest absolute Gasteiger partial charge is 0.388 e. The SMILES string of the molecule is Cc1cscc1C(O)Cc1cccc(F)c1Cl. The Morgan fingerprint density at radius 3 is 2.82 bits per heavy atom. The van der Waals surface area contributed by atoms with E-state index in [4.69, 9.17) is 11.6 Å². The van der Waals surface area contributed by atoms with E-state index in [2.05, 4.69) is 0 Å². The fourth-order valence-corrected chi connectivity index (χ4v) is 2.84. The molecular formula is C13H12ClFOS. The molecule has 2 rings (SSSR count). The molecule has 0 spiro atoms. The van der Waals surface area contributed by atoms with E-state index in [0.29, 0.717) is 12.0 Å². The minimum absolute atomic E-state index is 0.0967. The van der Waals surface area contributed by atoms with Crippen LogP contribution in [-0.4, -0.2) is 5.11 Å². The van der Waals surface area contributed by atoms with Crippen molar-refractivity contribution in [3.05, 3.63) is 56.5 Å². The molecule has 0 aliphatic heterocycles.